The molecule has 5 nitrogen and oxygen atoms in total. The van der Waals surface area contributed by atoms with Crippen molar-refractivity contribution in [2.45, 2.75) is 45.3 Å². The molecule has 0 saturated carbocycles. The van der Waals surface area contributed by atoms with E-state index in [-0.39, 0.29) is 18.1 Å². The fourth-order valence-electron chi connectivity index (χ4n) is 4.13. The number of likely N-dealkylation sites (tertiary alicyclic amines) is 1. The minimum Gasteiger partial charge on any atom is -0.496 e. The van der Waals surface area contributed by atoms with Crippen LogP contribution < -0.4 is 10.1 Å². The molecule has 0 aromatic heterocycles. The Bertz CT molecular complexity index is 885. The fourth-order valence-corrected chi connectivity index (χ4v) is 4.60. The van der Waals surface area contributed by atoms with Gasteiger partial charge in [-0.05, 0) is 44.0 Å². The van der Waals surface area contributed by atoms with Crippen molar-refractivity contribution in [3.8, 4) is 5.75 Å². The quantitative estimate of drug-likeness (QED) is 0.567. The lowest BCUT2D eigenvalue weighted by molar-refractivity contribution is 0.117. The zero-order valence-corrected chi connectivity index (χ0v) is 19.9. The number of halogens is 2. The van der Waals surface area contributed by atoms with E-state index >= 15 is 0 Å². The number of para-hydroxylation sites is 1. The van der Waals surface area contributed by atoms with Gasteiger partial charge in [0, 0.05) is 24.7 Å². The molecule has 2 aromatic rings. The first-order valence-corrected chi connectivity index (χ1v) is 11.6. The topological polar surface area (TPSA) is 44.8 Å². The number of amides is 2. The molecule has 3 rings (SSSR count). The van der Waals surface area contributed by atoms with Gasteiger partial charge in [0.05, 0.1) is 29.7 Å². The molecule has 2 amide bonds. The van der Waals surface area contributed by atoms with E-state index in [0.29, 0.717) is 16.6 Å². The Hall–Kier alpha value is -1.95. The van der Waals surface area contributed by atoms with Gasteiger partial charge < -0.3 is 19.9 Å². The maximum absolute atomic E-state index is 13.5. The average Bonchev–Trinajstić information content (AvgIpc) is 2.79. The Labute approximate surface area is 195 Å². The largest absolute Gasteiger partial charge is 0.496 e. The molecule has 1 unspecified atom stereocenters. The lowest BCUT2D eigenvalue weighted by atomic mass is 10.0. The van der Waals surface area contributed by atoms with Gasteiger partial charge in [-0.15, -0.1) is 0 Å². The number of methoxy groups -OCH3 is 1. The first-order chi connectivity index (χ1) is 14.9. The average molecular weight is 464 g/mol. The Balaban J connectivity index is 1.81. The fraction of sp³-hybridized carbons (Fsp3) is 0.458. The zero-order chi connectivity index (χ0) is 22.4. The zero-order valence-electron chi connectivity index (χ0n) is 18.4. The van der Waals surface area contributed by atoms with Crippen LogP contribution >= 0.6 is 23.2 Å². The van der Waals surface area contributed by atoms with Gasteiger partial charge in [-0.25, -0.2) is 4.79 Å². The van der Waals surface area contributed by atoms with Crippen LogP contribution in [0.2, 0.25) is 10.0 Å². The molecule has 168 valence electrons. The van der Waals surface area contributed by atoms with Crippen LogP contribution in [-0.2, 0) is 6.54 Å². The molecule has 31 heavy (non-hydrogen) atoms. The summed E-state index contributed by atoms with van der Waals surface area (Å²) in [6, 6.07) is 13.1. The van der Waals surface area contributed by atoms with Gasteiger partial charge in [0.2, 0.25) is 0 Å². The van der Waals surface area contributed by atoms with E-state index in [4.69, 9.17) is 27.9 Å². The van der Waals surface area contributed by atoms with Crippen LogP contribution in [0, 0.1) is 0 Å². The Morgan fingerprint density at radius 3 is 2.58 bits per heavy atom. The van der Waals surface area contributed by atoms with Gasteiger partial charge >= 0.3 is 6.03 Å². The van der Waals surface area contributed by atoms with Crippen molar-refractivity contribution in [1.29, 1.82) is 0 Å². The number of hydrogen-bond donors (Lipinski definition) is 1. The number of nitrogens with one attached hydrogen (secondary N) is 1. The van der Waals surface area contributed by atoms with E-state index < -0.39 is 0 Å². The molecule has 1 saturated heterocycles. The van der Waals surface area contributed by atoms with Gasteiger partial charge in [-0.3, -0.25) is 0 Å². The van der Waals surface area contributed by atoms with Crippen LogP contribution in [0.5, 0.6) is 5.75 Å². The smallest absolute Gasteiger partial charge is 0.318 e. The van der Waals surface area contributed by atoms with Gasteiger partial charge in [0.25, 0.3) is 0 Å². The Morgan fingerprint density at radius 2 is 1.90 bits per heavy atom. The summed E-state index contributed by atoms with van der Waals surface area (Å²) in [5, 5.41) is 4.09. The minimum atomic E-state index is -0.269. The molecule has 0 spiro atoms. The number of carbonyl (C=O) groups excluding carboxylic acids is 1. The second-order valence-corrected chi connectivity index (χ2v) is 8.70. The predicted molar refractivity (Wildman–Crippen MR) is 127 cm³/mol. The van der Waals surface area contributed by atoms with Crippen LogP contribution in [0.1, 0.15) is 43.9 Å². The number of ether oxygens (including phenoxy) is 1. The van der Waals surface area contributed by atoms with E-state index in [2.05, 4.69) is 17.1 Å². The van der Waals surface area contributed by atoms with Crippen LogP contribution in [-0.4, -0.2) is 48.6 Å². The summed E-state index contributed by atoms with van der Waals surface area (Å²) >= 11 is 12.6. The summed E-state index contributed by atoms with van der Waals surface area (Å²) in [6.45, 7) is 7.61. The van der Waals surface area contributed by atoms with E-state index in [1.165, 1.54) is 0 Å². The molecular weight excluding hydrogens is 433 g/mol. The lowest BCUT2D eigenvalue weighted by Gasteiger charge is -2.39. The number of carbonyl (C=O) groups is 1. The van der Waals surface area contributed by atoms with E-state index in [1.807, 2.05) is 48.2 Å². The molecule has 0 bridgehead atoms. The Morgan fingerprint density at radius 1 is 1.19 bits per heavy atom. The highest BCUT2D eigenvalue weighted by molar-refractivity contribution is 6.42. The normalized spacial score (nSPS) is 16.0. The van der Waals surface area contributed by atoms with E-state index in [1.54, 1.807) is 13.2 Å². The number of piperidine rings is 1. The van der Waals surface area contributed by atoms with Crippen molar-refractivity contribution in [3.05, 3.63) is 63.6 Å². The summed E-state index contributed by atoms with van der Waals surface area (Å²) in [6.07, 6.45) is 1.89. The highest BCUT2D eigenvalue weighted by Gasteiger charge is 2.29. The first-order valence-electron chi connectivity index (χ1n) is 10.8. The minimum absolute atomic E-state index is 0.107. The number of hydrogen-bond acceptors (Lipinski definition) is 3. The summed E-state index contributed by atoms with van der Waals surface area (Å²) in [5.41, 5.74) is 1.80. The van der Waals surface area contributed by atoms with Gasteiger partial charge in [-0.1, -0.05) is 60.5 Å². The molecular formula is C24H31Cl2N3O2. The van der Waals surface area contributed by atoms with Crippen molar-refractivity contribution in [2.75, 3.05) is 26.7 Å². The maximum Gasteiger partial charge on any atom is 0.318 e. The third-order valence-electron chi connectivity index (χ3n) is 6.03. The first kappa shape index (κ1) is 23.7. The predicted octanol–water partition coefficient (Wildman–Crippen LogP) is 5.76. The molecule has 1 heterocycles. The second-order valence-electron chi connectivity index (χ2n) is 7.92. The Kier molecular flexibility index (Phi) is 8.47. The maximum atomic E-state index is 13.5. The summed E-state index contributed by atoms with van der Waals surface area (Å²) in [5.74, 6) is 0.789. The van der Waals surface area contributed by atoms with Crippen molar-refractivity contribution >= 4 is 29.2 Å². The SMILES string of the molecule is CCN1CCC(N(Cc2ccccc2OC)C(=O)NC(C)c2cccc(Cl)c2Cl)CC1. The lowest BCUT2D eigenvalue weighted by Crippen LogP contribution is -2.50. The van der Waals surface area contributed by atoms with Gasteiger partial charge in [0.15, 0.2) is 0 Å². The van der Waals surface area contributed by atoms with Crippen LogP contribution in [0.15, 0.2) is 42.5 Å². The number of rotatable bonds is 7. The highest BCUT2D eigenvalue weighted by atomic mass is 35.5. The van der Waals surface area contributed by atoms with Crippen molar-refractivity contribution in [3.63, 3.8) is 0 Å². The molecule has 1 atom stereocenters. The van der Waals surface area contributed by atoms with Crippen LogP contribution in [0.25, 0.3) is 0 Å². The van der Waals surface area contributed by atoms with Crippen molar-refractivity contribution < 1.29 is 9.53 Å². The van der Waals surface area contributed by atoms with E-state index in [9.17, 15) is 4.79 Å². The highest BCUT2D eigenvalue weighted by Crippen LogP contribution is 2.30. The van der Waals surface area contributed by atoms with Crippen molar-refractivity contribution in [1.82, 2.24) is 15.1 Å². The molecule has 1 aliphatic heterocycles. The molecule has 1 fully saturated rings. The third-order valence-corrected chi connectivity index (χ3v) is 6.86. The molecule has 0 aliphatic carbocycles. The van der Waals surface area contributed by atoms with Gasteiger partial charge in [0.1, 0.15) is 5.75 Å². The standard InChI is InChI=1S/C24H31Cl2N3O2/c1-4-28-14-12-19(13-15-28)29(16-18-8-5-6-11-22(18)31-3)24(30)27-17(2)20-9-7-10-21(25)23(20)26/h5-11,17,19H,4,12-16H2,1-3H3,(H,27,30). The number of benzene rings is 2. The van der Waals surface area contributed by atoms with Crippen LogP contribution in [0.4, 0.5) is 4.79 Å². The van der Waals surface area contributed by atoms with E-state index in [0.717, 1.165) is 49.4 Å². The van der Waals surface area contributed by atoms with Gasteiger partial charge in [-0.2, -0.15) is 0 Å². The summed E-state index contributed by atoms with van der Waals surface area (Å²) in [4.78, 5) is 17.8. The summed E-state index contributed by atoms with van der Waals surface area (Å²) < 4.78 is 5.53. The van der Waals surface area contributed by atoms with Crippen molar-refractivity contribution in [2.24, 2.45) is 0 Å². The number of nitrogens with zero attached hydrogens (tertiary/aromatic N) is 2. The monoisotopic (exact) mass is 463 g/mol. The number of urea groups is 1. The molecule has 1 aliphatic rings. The third kappa shape index (κ3) is 5.85. The van der Waals surface area contributed by atoms with Crippen LogP contribution in [0.3, 0.4) is 0 Å². The summed E-state index contributed by atoms with van der Waals surface area (Å²) in [7, 11) is 1.66. The molecule has 7 heteroatoms. The molecule has 1 N–H and O–H groups in total. The molecule has 0 radical (unpaired) electrons. The second kappa shape index (κ2) is 11.1. The molecule has 2 aromatic carbocycles.